The fraction of sp³-hybridized carbons (Fsp3) is 0.222. The maximum Gasteiger partial charge on any atom is -0.00902 e. The van der Waals surface area contributed by atoms with Gasteiger partial charge in [0.2, 0.25) is 0 Å². The summed E-state index contributed by atoms with van der Waals surface area (Å²) in [7, 11) is 0. The molecule has 90 valence electrons. The Hall–Kier alpha value is -1.82. The van der Waals surface area contributed by atoms with Crippen molar-refractivity contribution >= 4 is 6.08 Å². The number of hydrogen-bond acceptors (Lipinski definition) is 0. The molecule has 0 heterocycles. The summed E-state index contributed by atoms with van der Waals surface area (Å²) in [6.07, 6.45) is 5.92. The molecule has 0 unspecified atom stereocenters. The summed E-state index contributed by atoms with van der Waals surface area (Å²) in [5.41, 5.74) is 4.26. The van der Waals surface area contributed by atoms with E-state index in [0.29, 0.717) is 0 Å². The molecular weight excluding hydrogens is 216 g/mol. The first-order chi connectivity index (χ1) is 8.84. The van der Waals surface area contributed by atoms with Gasteiger partial charge in [0, 0.05) is 0 Å². The monoisotopic (exact) mass is 234 g/mol. The molecule has 0 spiro atoms. The Bertz CT molecular complexity index is 551. The number of benzene rings is 2. The largest absolute Gasteiger partial charge is 0.0802 e. The molecule has 0 heteroatoms. The van der Waals surface area contributed by atoms with Crippen LogP contribution in [0.1, 0.15) is 29.0 Å². The summed E-state index contributed by atoms with van der Waals surface area (Å²) >= 11 is 0. The SMILES string of the molecule is Cc1ccccc1[C@@H]1C[C@H]1/C=C/c1ccccc1. The Kier molecular flexibility index (Phi) is 3.02. The van der Waals surface area contributed by atoms with Crippen molar-refractivity contribution in [2.75, 3.05) is 0 Å². The van der Waals surface area contributed by atoms with Gasteiger partial charge in [0.1, 0.15) is 0 Å². The Morgan fingerprint density at radius 2 is 1.67 bits per heavy atom. The third-order valence-corrected chi connectivity index (χ3v) is 3.76. The summed E-state index contributed by atoms with van der Waals surface area (Å²) in [6, 6.07) is 19.3. The zero-order valence-electron chi connectivity index (χ0n) is 10.7. The summed E-state index contributed by atoms with van der Waals surface area (Å²) in [5.74, 6) is 1.47. The number of hydrogen-bond donors (Lipinski definition) is 0. The van der Waals surface area contributed by atoms with E-state index in [4.69, 9.17) is 0 Å². The van der Waals surface area contributed by atoms with Gasteiger partial charge < -0.3 is 0 Å². The van der Waals surface area contributed by atoms with Crippen LogP contribution >= 0.6 is 0 Å². The van der Waals surface area contributed by atoms with Crippen LogP contribution in [0.3, 0.4) is 0 Å². The van der Waals surface area contributed by atoms with E-state index in [1.54, 1.807) is 0 Å². The highest BCUT2D eigenvalue weighted by molar-refractivity contribution is 5.50. The minimum Gasteiger partial charge on any atom is -0.0802 e. The molecule has 0 saturated heterocycles. The normalized spacial score (nSPS) is 22.3. The smallest absolute Gasteiger partial charge is 0.00902 e. The molecule has 2 aromatic carbocycles. The van der Waals surface area contributed by atoms with E-state index in [0.717, 1.165) is 11.8 Å². The predicted molar refractivity (Wildman–Crippen MR) is 77.5 cm³/mol. The quantitative estimate of drug-likeness (QED) is 0.714. The third kappa shape index (κ3) is 2.38. The number of rotatable bonds is 3. The van der Waals surface area contributed by atoms with Gasteiger partial charge in [-0.2, -0.15) is 0 Å². The van der Waals surface area contributed by atoms with E-state index in [-0.39, 0.29) is 0 Å². The first-order valence-electron chi connectivity index (χ1n) is 6.63. The van der Waals surface area contributed by atoms with Crippen molar-refractivity contribution in [3.8, 4) is 0 Å². The van der Waals surface area contributed by atoms with Gasteiger partial charge in [0.15, 0.2) is 0 Å². The van der Waals surface area contributed by atoms with Crippen molar-refractivity contribution in [2.24, 2.45) is 5.92 Å². The van der Waals surface area contributed by atoms with Gasteiger partial charge in [-0.1, -0.05) is 66.7 Å². The molecule has 0 aromatic heterocycles. The van der Waals surface area contributed by atoms with Crippen LogP contribution in [0.25, 0.3) is 6.08 Å². The lowest BCUT2D eigenvalue weighted by Crippen LogP contribution is -1.85. The van der Waals surface area contributed by atoms with Crippen LogP contribution in [0.4, 0.5) is 0 Å². The Morgan fingerprint density at radius 1 is 0.944 bits per heavy atom. The molecule has 0 nitrogen and oxygen atoms in total. The van der Waals surface area contributed by atoms with E-state index in [9.17, 15) is 0 Å². The minimum atomic E-state index is 0.728. The van der Waals surface area contributed by atoms with Crippen LogP contribution in [-0.4, -0.2) is 0 Å². The maximum absolute atomic E-state index is 2.37. The molecule has 1 saturated carbocycles. The zero-order valence-corrected chi connectivity index (χ0v) is 10.7. The van der Waals surface area contributed by atoms with Gasteiger partial charge in [-0.25, -0.2) is 0 Å². The van der Waals surface area contributed by atoms with Crippen LogP contribution in [0.5, 0.6) is 0 Å². The topological polar surface area (TPSA) is 0 Å². The van der Waals surface area contributed by atoms with Crippen molar-refractivity contribution < 1.29 is 0 Å². The Balaban J connectivity index is 1.69. The third-order valence-electron chi connectivity index (χ3n) is 3.76. The van der Waals surface area contributed by atoms with Gasteiger partial charge in [0.05, 0.1) is 0 Å². The van der Waals surface area contributed by atoms with E-state index in [2.05, 4.69) is 73.7 Å². The number of allylic oxidation sites excluding steroid dienone is 1. The molecule has 18 heavy (non-hydrogen) atoms. The van der Waals surface area contributed by atoms with Crippen molar-refractivity contribution in [1.82, 2.24) is 0 Å². The number of aryl methyl sites for hydroxylation is 1. The van der Waals surface area contributed by atoms with Crippen molar-refractivity contribution in [3.63, 3.8) is 0 Å². The Morgan fingerprint density at radius 3 is 2.44 bits per heavy atom. The predicted octanol–water partition coefficient (Wildman–Crippen LogP) is 4.81. The second-order valence-electron chi connectivity index (χ2n) is 5.13. The summed E-state index contributed by atoms with van der Waals surface area (Å²) < 4.78 is 0. The fourth-order valence-corrected chi connectivity index (χ4v) is 2.59. The second kappa shape index (κ2) is 4.81. The van der Waals surface area contributed by atoms with E-state index >= 15 is 0 Å². The summed E-state index contributed by atoms with van der Waals surface area (Å²) in [6.45, 7) is 2.21. The fourth-order valence-electron chi connectivity index (χ4n) is 2.59. The first-order valence-corrected chi connectivity index (χ1v) is 6.63. The minimum absolute atomic E-state index is 0.728. The van der Waals surface area contributed by atoms with E-state index in [1.165, 1.54) is 23.1 Å². The van der Waals surface area contributed by atoms with Crippen molar-refractivity contribution in [3.05, 3.63) is 77.4 Å². The van der Waals surface area contributed by atoms with Crippen molar-refractivity contribution in [1.29, 1.82) is 0 Å². The highest BCUT2D eigenvalue weighted by atomic mass is 14.4. The molecule has 2 atom stereocenters. The lowest BCUT2D eigenvalue weighted by molar-refractivity contribution is 1.00. The second-order valence-corrected chi connectivity index (χ2v) is 5.13. The molecule has 0 aliphatic heterocycles. The highest BCUT2D eigenvalue weighted by Crippen LogP contribution is 2.49. The van der Waals surface area contributed by atoms with Gasteiger partial charge in [-0.15, -0.1) is 0 Å². The molecule has 1 fully saturated rings. The first kappa shape index (κ1) is 11.3. The molecule has 0 bridgehead atoms. The van der Waals surface area contributed by atoms with Crippen LogP contribution in [0.15, 0.2) is 60.7 Å². The lowest BCUT2D eigenvalue weighted by Gasteiger charge is -2.02. The standard InChI is InChI=1S/C18H18/c1-14-7-5-6-10-17(14)18-13-16(18)12-11-15-8-3-2-4-9-15/h2-12,16,18H,13H2,1H3/b12-11+/t16-,18-/m1/s1. The van der Waals surface area contributed by atoms with Crippen LogP contribution in [0.2, 0.25) is 0 Å². The van der Waals surface area contributed by atoms with Gasteiger partial charge in [-0.3, -0.25) is 0 Å². The molecule has 0 N–H and O–H groups in total. The Labute approximate surface area is 109 Å². The molecule has 0 radical (unpaired) electrons. The average molecular weight is 234 g/mol. The molecule has 2 aromatic rings. The van der Waals surface area contributed by atoms with Gasteiger partial charge in [-0.05, 0) is 41.9 Å². The molecule has 0 amide bonds. The van der Waals surface area contributed by atoms with Gasteiger partial charge >= 0.3 is 0 Å². The molecule has 1 aliphatic carbocycles. The van der Waals surface area contributed by atoms with E-state index in [1.807, 2.05) is 0 Å². The molecule has 1 aliphatic rings. The van der Waals surface area contributed by atoms with E-state index < -0.39 is 0 Å². The van der Waals surface area contributed by atoms with Crippen LogP contribution in [-0.2, 0) is 0 Å². The van der Waals surface area contributed by atoms with Crippen LogP contribution < -0.4 is 0 Å². The zero-order chi connectivity index (χ0) is 12.4. The van der Waals surface area contributed by atoms with Gasteiger partial charge in [0.25, 0.3) is 0 Å². The maximum atomic E-state index is 2.37. The average Bonchev–Trinajstić information content (AvgIpc) is 3.18. The highest BCUT2D eigenvalue weighted by Gasteiger charge is 2.36. The van der Waals surface area contributed by atoms with Crippen LogP contribution in [0, 0.1) is 12.8 Å². The van der Waals surface area contributed by atoms with Crippen molar-refractivity contribution in [2.45, 2.75) is 19.3 Å². The molecular formula is C18H18. The lowest BCUT2D eigenvalue weighted by atomic mass is 10.0. The molecule has 3 rings (SSSR count). The summed E-state index contributed by atoms with van der Waals surface area (Å²) in [5, 5.41) is 0. The summed E-state index contributed by atoms with van der Waals surface area (Å²) in [4.78, 5) is 0.